The molecule has 0 aromatic rings. The van der Waals surface area contributed by atoms with Gasteiger partial charge in [0.25, 0.3) is 0 Å². The van der Waals surface area contributed by atoms with E-state index in [1.54, 1.807) is 0 Å². The predicted molar refractivity (Wildman–Crippen MR) is 177 cm³/mol. The lowest BCUT2D eigenvalue weighted by atomic mass is 10.0. The second kappa shape index (κ2) is 33.2. The Hall–Kier alpha value is -1.32. The molecule has 0 rings (SSSR count). The van der Waals surface area contributed by atoms with Crippen LogP contribution < -0.4 is 0 Å². The van der Waals surface area contributed by atoms with Crippen LogP contribution in [0.15, 0.2) is 12.2 Å². The Morgan fingerprint density at radius 2 is 0.902 bits per heavy atom. The normalized spacial score (nSPS) is 12.2. The van der Waals surface area contributed by atoms with Crippen molar-refractivity contribution in [3.8, 4) is 0 Å². The Balaban J connectivity index is 3.72. The largest absolute Gasteiger partial charge is 0.481 e. The zero-order chi connectivity index (χ0) is 30.1. The molecule has 0 heterocycles. The summed E-state index contributed by atoms with van der Waals surface area (Å²) in [6, 6.07) is 0. The molecule has 0 amide bonds. The molecule has 0 aromatic carbocycles. The highest BCUT2D eigenvalue weighted by atomic mass is 16.5. The van der Waals surface area contributed by atoms with Gasteiger partial charge in [-0.25, -0.2) is 0 Å². The van der Waals surface area contributed by atoms with E-state index in [4.69, 9.17) is 9.84 Å². The minimum atomic E-state index is -0.811. The molecule has 0 aliphatic carbocycles. The third-order valence-corrected chi connectivity index (χ3v) is 8.25. The lowest BCUT2D eigenvalue weighted by Gasteiger charge is -2.17. The molecule has 1 N–H and O–H groups in total. The van der Waals surface area contributed by atoms with Crippen LogP contribution in [-0.2, 0) is 14.3 Å². The number of hydrogen-bond donors (Lipinski definition) is 1. The van der Waals surface area contributed by atoms with Crippen LogP contribution in [0.2, 0.25) is 0 Å². The highest BCUT2D eigenvalue weighted by Crippen LogP contribution is 2.17. The number of aliphatic carboxylic acids is 1. The molecule has 1 unspecified atom stereocenters. The number of rotatable bonds is 33. The van der Waals surface area contributed by atoms with Crippen molar-refractivity contribution < 1.29 is 19.4 Å². The van der Waals surface area contributed by atoms with Gasteiger partial charge in [-0.15, -0.1) is 0 Å². The van der Waals surface area contributed by atoms with Crippen molar-refractivity contribution in [1.82, 2.24) is 0 Å². The van der Waals surface area contributed by atoms with Crippen LogP contribution in [-0.4, -0.2) is 23.1 Å². The molecule has 0 bridgehead atoms. The van der Waals surface area contributed by atoms with Gasteiger partial charge in [0.15, 0.2) is 0 Å². The maximum Gasteiger partial charge on any atom is 0.306 e. The van der Waals surface area contributed by atoms with Gasteiger partial charge in [-0.3, -0.25) is 9.59 Å². The Bertz CT molecular complexity index is 585. The minimum Gasteiger partial charge on any atom is -0.481 e. The molecule has 41 heavy (non-hydrogen) atoms. The number of allylic oxidation sites excluding steroid dienone is 2. The zero-order valence-electron chi connectivity index (χ0n) is 27.6. The average molecular weight is 579 g/mol. The van der Waals surface area contributed by atoms with E-state index in [0.717, 1.165) is 32.1 Å². The van der Waals surface area contributed by atoms with Gasteiger partial charge in [0, 0.05) is 12.8 Å². The number of hydrogen-bond acceptors (Lipinski definition) is 3. The Morgan fingerprint density at radius 1 is 0.512 bits per heavy atom. The molecule has 0 saturated carbocycles. The van der Waals surface area contributed by atoms with E-state index in [2.05, 4.69) is 26.0 Å². The van der Waals surface area contributed by atoms with E-state index < -0.39 is 5.97 Å². The molecule has 0 aromatic heterocycles. The number of esters is 1. The Labute approximate surface area is 255 Å². The lowest BCUT2D eigenvalue weighted by Crippen LogP contribution is -2.19. The van der Waals surface area contributed by atoms with Crippen molar-refractivity contribution in [2.45, 2.75) is 213 Å². The second-order valence-corrected chi connectivity index (χ2v) is 12.4. The van der Waals surface area contributed by atoms with Gasteiger partial charge in [0.05, 0.1) is 0 Å². The smallest absolute Gasteiger partial charge is 0.306 e. The monoisotopic (exact) mass is 579 g/mol. The van der Waals surface area contributed by atoms with Crippen molar-refractivity contribution in [3.63, 3.8) is 0 Å². The summed E-state index contributed by atoms with van der Waals surface area (Å²) in [5.74, 6) is -0.953. The van der Waals surface area contributed by atoms with Gasteiger partial charge in [0.1, 0.15) is 6.10 Å². The van der Waals surface area contributed by atoms with Gasteiger partial charge < -0.3 is 9.84 Å². The summed E-state index contributed by atoms with van der Waals surface area (Å²) >= 11 is 0. The lowest BCUT2D eigenvalue weighted by molar-refractivity contribution is -0.151. The van der Waals surface area contributed by atoms with Gasteiger partial charge in [-0.1, -0.05) is 154 Å². The molecule has 4 nitrogen and oxygen atoms in total. The van der Waals surface area contributed by atoms with Gasteiger partial charge in [-0.2, -0.15) is 0 Å². The van der Waals surface area contributed by atoms with E-state index in [1.807, 2.05) is 0 Å². The summed E-state index contributed by atoms with van der Waals surface area (Å²) < 4.78 is 5.71. The van der Waals surface area contributed by atoms with Crippen LogP contribution in [0.1, 0.15) is 206 Å². The predicted octanol–water partition coefficient (Wildman–Crippen LogP) is 12.3. The van der Waals surface area contributed by atoms with Gasteiger partial charge >= 0.3 is 11.9 Å². The highest BCUT2D eigenvalue weighted by Gasteiger charge is 2.15. The van der Waals surface area contributed by atoms with E-state index >= 15 is 0 Å². The fourth-order valence-corrected chi connectivity index (χ4v) is 5.52. The van der Waals surface area contributed by atoms with Crippen molar-refractivity contribution in [2.24, 2.45) is 0 Å². The van der Waals surface area contributed by atoms with Gasteiger partial charge in [-0.05, 0) is 51.4 Å². The zero-order valence-corrected chi connectivity index (χ0v) is 27.6. The molecule has 0 spiro atoms. The van der Waals surface area contributed by atoms with E-state index in [9.17, 15) is 9.59 Å². The molecular weight excluding hydrogens is 508 g/mol. The number of ether oxygens (including phenoxy) is 1. The number of carboxylic acid groups (broad SMARTS) is 1. The first kappa shape index (κ1) is 39.7. The molecule has 0 aliphatic heterocycles. The maximum absolute atomic E-state index is 12.4. The number of unbranched alkanes of at least 4 members (excludes halogenated alkanes) is 23. The Morgan fingerprint density at radius 3 is 1.34 bits per heavy atom. The van der Waals surface area contributed by atoms with Crippen LogP contribution in [0.3, 0.4) is 0 Å². The number of carbonyl (C=O) groups is 2. The molecule has 0 aliphatic rings. The summed E-state index contributed by atoms with van der Waals surface area (Å²) in [6.45, 7) is 4.53. The van der Waals surface area contributed by atoms with Crippen molar-refractivity contribution in [1.29, 1.82) is 0 Å². The molecule has 0 radical (unpaired) electrons. The number of carboxylic acids is 1. The Kier molecular flexibility index (Phi) is 32.1. The third kappa shape index (κ3) is 33.1. The SMILES string of the molecule is CCCCCCCC/C=C\CCCCCCCCCC(=O)OC(CCCCCCCCCCCCC)CCC(=O)O. The standard InChI is InChI=1S/C37H70O4/c1-3-5-7-9-11-13-15-16-17-18-19-20-22-24-26-28-30-32-37(40)41-35(33-34-36(38)39)31-29-27-25-23-21-14-12-10-8-6-4-2/h16-17,35H,3-15,18-34H2,1-2H3,(H,38,39)/b17-16-. The van der Waals surface area contributed by atoms with Crippen LogP contribution in [0, 0.1) is 0 Å². The highest BCUT2D eigenvalue weighted by molar-refractivity contribution is 5.69. The van der Waals surface area contributed by atoms with E-state index in [-0.39, 0.29) is 18.5 Å². The maximum atomic E-state index is 12.4. The van der Waals surface area contributed by atoms with Crippen LogP contribution in [0.25, 0.3) is 0 Å². The molecule has 1 atom stereocenters. The minimum absolute atomic E-state index is 0.0743. The van der Waals surface area contributed by atoms with Crippen molar-refractivity contribution in [3.05, 3.63) is 12.2 Å². The summed E-state index contributed by atoms with van der Waals surface area (Å²) in [7, 11) is 0. The topological polar surface area (TPSA) is 63.6 Å². The summed E-state index contributed by atoms with van der Waals surface area (Å²) in [5, 5.41) is 9.08. The van der Waals surface area contributed by atoms with Crippen LogP contribution >= 0.6 is 0 Å². The van der Waals surface area contributed by atoms with Crippen molar-refractivity contribution >= 4 is 11.9 Å². The summed E-state index contributed by atoms with van der Waals surface area (Å²) in [4.78, 5) is 23.4. The summed E-state index contributed by atoms with van der Waals surface area (Å²) in [6.07, 6.45) is 39.4. The van der Waals surface area contributed by atoms with Crippen LogP contribution in [0.5, 0.6) is 0 Å². The molecule has 242 valence electrons. The van der Waals surface area contributed by atoms with Gasteiger partial charge in [0.2, 0.25) is 0 Å². The van der Waals surface area contributed by atoms with E-state index in [0.29, 0.717) is 12.8 Å². The van der Waals surface area contributed by atoms with Crippen LogP contribution in [0.4, 0.5) is 0 Å². The first-order chi connectivity index (χ1) is 20.1. The fraction of sp³-hybridized carbons (Fsp3) is 0.892. The third-order valence-electron chi connectivity index (χ3n) is 8.25. The quantitative estimate of drug-likeness (QED) is 0.0478. The molecule has 0 fully saturated rings. The second-order valence-electron chi connectivity index (χ2n) is 12.4. The number of carbonyl (C=O) groups excluding carboxylic acids is 1. The van der Waals surface area contributed by atoms with E-state index in [1.165, 1.54) is 141 Å². The average Bonchev–Trinajstić information content (AvgIpc) is 2.96. The molecular formula is C37H70O4. The molecule has 0 saturated heterocycles. The first-order valence-corrected chi connectivity index (χ1v) is 18.2. The first-order valence-electron chi connectivity index (χ1n) is 18.2. The molecule has 4 heteroatoms. The summed E-state index contributed by atoms with van der Waals surface area (Å²) in [5.41, 5.74) is 0. The van der Waals surface area contributed by atoms with Crippen molar-refractivity contribution in [2.75, 3.05) is 0 Å². The fourth-order valence-electron chi connectivity index (χ4n) is 5.52.